The highest BCUT2D eigenvalue weighted by molar-refractivity contribution is 8.26. The first-order chi connectivity index (χ1) is 21.5. The Kier molecular flexibility index (Phi) is 7.66. The number of carbonyl (C=O) groups excluding carboxylic acids is 1. The van der Waals surface area contributed by atoms with Gasteiger partial charge in [-0.3, -0.25) is 14.5 Å². The van der Waals surface area contributed by atoms with Gasteiger partial charge in [-0.05, 0) is 82.6 Å². The number of amides is 1. The maximum atomic E-state index is 12.8. The van der Waals surface area contributed by atoms with E-state index in [1.165, 1.54) is 40.1 Å². The average molecular weight is 615 g/mol. The molecule has 218 valence electrons. The summed E-state index contributed by atoms with van der Waals surface area (Å²) in [6.45, 7) is -0.417. The van der Waals surface area contributed by atoms with E-state index in [0.717, 1.165) is 40.6 Å². The van der Waals surface area contributed by atoms with Crippen LogP contribution in [0.5, 0.6) is 0 Å². The van der Waals surface area contributed by atoms with Gasteiger partial charge in [-0.1, -0.05) is 109 Å². The zero-order valence-electron chi connectivity index (χ0n) is 23.9. The molecule has 1 amide bonds. The molecule has 7 heteroatoms. The SMILES string of the molecule is O=C(O)CN1C(=O)/C(=C/c2ccc3c(c2)[C@H]2CCC[C@H]2N3c2ccc(C=C(c3ccccc3)c3ccccc3)cc2)SC1=S. The van der Waals surface area contributed by atoms with Crippen molar-refractivity contribution in [1.29, 1.82) is 0 Å². The number of thioether (sulfide) groups is 1. The van der Waals surface area contributed by atoms with E-state index in [4.69, 9.17) is 17.3 Å². The van der Waals surface area contributed by atoms with Crippen LogP contribution < -0.4 is 4.90 Å². The number of benzene rings is 4. The molecule has 0 radical (unpaired) electrons. The molecule has 2 aliphatic heterocycles. The maximum Gasteiger partial charge on any atom is 0.323 e. The number of nitrogens with zero attached hydrogens (tertiary/aromatic N) is 2. The highest BCUT2D eigenvalue weighted by atomic mass is 32.2. The van der Waals surface area contributed by atoms with Crippen LogP contribution in [0.4, 0.5) is 11.4 Å². The minimum atomic E-state index is -1.08. The molecule has 4 aromatic rings. The van der Waals surface area contributed by atoms with Crippen LogP contribution in [0.25, 0.3) is 17.7 Å². The number of carboxylic acids is 1. The summed E-state index contributed by atoms with van der Waals surface area (Å²) in [5, 5.41) is 9.16. The summed E-state index contributed by atoms with van der Waals surface area (Å²) in [6.07, 6.45) is 7.55. The molecule has 2 atom stereocenters. The van der Waals surface area contributed by atoms with E-state index in [9.17, 15) is 9.59 Å². The second-order valence-electron chi connectivity index (χ2n) is 11.3. The second kappa shape index (κ2) is 11.9. The molecule has 0 spiro atoms. The lowest BCUT2D eigenvalue weighted by Gasteiger charge is -2.27. The van der Waals surface area contributed by atoms with Crippen LogP contribution in [0.15, 0.2) is 108 Å². The van der Waals surface area contributed by atoms with E-state index in [-0.39, 0.29) is 10.2 Å². The Labute approximate surface area is 266 Å². The highest BCUT2D eigenvalue weighted by Crippen LogP contribution is 2.52. The molecule has 2 heterocycles. The number of carboxylic acid groups (broad SMARTS) is 1. The minimum absolute atomic E-state index is 0.282. The molecule has 1 N–H and O–H groups in total. The summed E-state index contributed by atoms with van der Waals surface area (Å²) >= 11 is 6.44. The third kappa shape index (κ3) is 5.38. The van der Waals surface area contributed by atoms with Gasteiger partial charge in [0, 0.05) is 23.3 Å². The summed E-state index contributed by atoms with van der Waals surface area (Å²) < 4.78 is 0.282. The van der Waals surface area contributed by atoms with Crippen LogP contribution in [0.3, 0.4) is 0 Å². The molecule has 2 fully saturated rings. The van der Waals surface area contributed by atoms with Crippen molar-refractivity contribution in [3.05, 3.63) is 136 Å². The van der Waals surface area contributed by atoms with Crippen molar-refractivity contribution >= 4 is 69.3 Å². The van der Waals surface area contributed by atoms with Crippen molar-refractivity contribution in [2.75, 3.05) is 11.4 Å². The smallest absolute Gasteiger partial charge is 0.323 e. The van der Waals surface area contributed by atoms with Crippen molar-refractivity contribution in [3.63, 3.8) is 0 Å². The monoisotopic (exact) mass is 614 g/mol. The first-order valence-electron chi connectivity index (χ1n) is 14.8. The lowest BCUT2D eigenvalue weighted by Crippen LogP contribution is -2.33. The van der Waals surface area contributed by atoms with Crippen LogP contribution in [0.2, 0.25) is 0 Å². The highest BCUT2D eigenvalue weighted by Gasteiger charge is 2.42. The normalized spacial score (nSPS) is 19.8. The first-order valence-corrected chi connectivity index (χ1v) is 16.0. The molecule has 1 saturated heterocycles. The third-order valence-corrected chi connectivity index (χ3v) is 10.0. The quantitative estimate of drug-likeness (QED) is 0.128. The summed E-state index contributed by atoms with van der Waals surface area (Å²) in [7, 11) is 0. The number of aliphatic carboxylic acids is 1. The number of hydrogen-bond donors (Lipinski definition) is 1. The number of carbonyl (C=O) groups is 2. The Morgan fingerprint density at radius 1 is 0.886 bits per heavy atom. The Hall–Kier alpha value is -4.46. The summed E-state index contributed by atoms with van der Waals surface area (Å²) in [6, 6.07) is 36.7. The van der Waals surface area contributed by atoms with Gasteiger partial charge in [-0.2, -0.15) is 0 Å². The van der Waals surface area contributed by atoms with Crippen LogP contribution in [0, 0.1) is 0 Å². The molecule has 1 aliphatic carbocycles. The Bertz CT molecular complexity index is 1780. The lowest BCUT2D eigenvalue weighted by atomic mass is 9.95. The molecule has 3 aliphatic rings. The largest absolute Gasteiger partial charge is 0.480 e. The van der Waals surface area contributed by atoms with Crippen molar-refractivity contribution < 1.29 is 14.7 Å². The van der Waals surface area contributed by atoms with Crippen molar-refractivity contribution in [3.8, 4) is 0 Å². The standard InChI is InChI=1S/C37H30N2O3S2/c40-35(41)23-38-36(42)34(44-37(38)43)22-25-16-19-33-31(21-25)29-12-7-13-32(29)39(33)28-17-14-24(15-18-28)20-30(26-8-3-1-4-9-26)27-10-5-2-6-11-27/h1-6,8-11,14-22,29,32H,7,12-13,23H2,(H,40,41)/b34-22-/t29-,32-/m1/s1. The molecule has 1 saturated carbocycles. The molecular weight excluding hydrogens is 585 g/mol. The third-order valence-electron chi connectivity index (χ3n) is 8.64. The summed E-state index contributed by atoms with van der Waals surface area (Å²) in [5.74, 6) is -0.994. The fourth-order valence-electron chi connectivity index (χ4n) is 6.69. The van der Waals surface area contributed by atoms with Crippen LogP contribution in [-0.2, 0) is 9.59 Å². The summed E-state index contributed by atoms with van der Waals surface area (Å²) in [5.41, 5.74) is 9.34. The number of hydrogen-bond acceptors (Lipinski definition) is 5. The van der Waals surface area contributed by atoms with E-state index >= 15 is 0 Å². The van der Waals surface area contributed by atoms with E-state index in [1.54, 1.807) is 0 Å². The summed E-state index contributed by atoms with van der Waals surface area (Å²) in [4.78, 5) is 28.1. The Morgan fingerprint density at radius 2 is 1.55 bits per heavy atom. The fraction of sp³-hybridized carbons (Fsp3) is 0.162. The number of thiocarbonyl (C=S) groups is 1. The predicted octanol–water partition coefficient (Wildman–Crippen LogP) is 8.35. The molecule has 5 nitrogen and oxygen atoms in total. The van der Waals surface area contributed by atoms with Gasteiger partial charge in [-0.15, -0.1) is 0 Å². The molecule has 0 aromatic heterocycles. The molecule has 0 bridgehead atoms. The van der Waals surface area contributed by atoms with Gasteiger partial charge in [-0.25, -0.2) is 0 Å². The van der Waals surface area contributed by atoms with Gasteiger partial charge >= 0.3 is 5.97 Å². The topological polar surface area (TPSA) is 60.9 Å². The van der Waals surface area contributed by atoms with Gasteiger partial charge in [0.2, 0.25) is 0 Å². The number of fused-ring (bicyclic) bond motifs is 3. The molecule has 44 heavy (non-hydrogen) atoms. The molecule has 4 aromatic carbocycles. The molecule has 0 unspecified atom stereocenters. The van der Waals surface area contributed by atoms with Crippen LogP contribution in [-0.4, -0.2) is 38.8 Å². The van der Waals surface area contributed by atoms with Crippen molar-refractivity contribution in [1.82, 2.24) is 4.90 Å². The fourth-order valence-corrected chi connectivity index (χ4v) is 7.95. The van der Waals surface area contributed by atoms with Gasteiger partial charge in [0.25, 0.3) is 5.91 Å². The number of anilines is 2. The average Bonchev–Trinajstić information content (AvgIpc) is 3.71. The van der Waals surface area contributed by atoms with Gasteiger partial charge in [0.15, 0.2) is 0 Å². The van der Waals surface area contributed by atoms with E-state index < -0.39 is 12.5 Å². The van der Waals surface area contributed by atoms with E-state index in [2.05, 4.69) is 95.9 Å². The van der Waals surface area contributed by atoms with Crippen LogP contribution in [0.1, 0.15) is 53.0 Å². The van der Waals surface area contributed by atoms with Gasteiger partial charge in [0.1, 0.15) is 10.9 Å². The van der Waals surface area contributed by atoms with Crippen molar-refractivity contribution in [2.45, 2.75) is 31.2 Å². The Morgan fingerprint density at radius 3 is 2.20 bits per heavy atom. The van der Waals surface area contributed by atoms with E-state index in [1.807, 2.05) is 24.3 Å². The zero-order valence-corrected chi connectivity index (χ0v) is 25.6. The lowest BCUT2D eigenvalue weighted by molar-refractivity contribution is -0.140. The minimum Gasteiger partial charge on any atom is -0.480 e. The van der Waals surface area contributed by atoms with Gasteiger partial charge < -0.3 is 10.0 Å². The predicted molar refractivity (Wildman–Crippen MR) is 183 cm³/mol. The Balaban J connectivity index is 1.19. The maximum absolute atomic E-state index is 12.8. The van der Waals surface area contributed by atoms with Crippen molar-refractivity contribution in [2.24, 2.45) is 0 Å². The zero-order chi connectivity index (χ0) is 30.2. The first kappa shape index (κ1) is 28.3. The molecule has 7 rings (SSSR count). The number of rotatable bonds is 7. The van der Waals surface area contributed by atoms with Crippen LogP contribution >= 0.6 is 24.0 Å². The second-order valence-corrected chi connectivity index (χ2v) is 13.0. The van der Waals surface area contributed by atoms with Gasteiger partial charge in [0.05, 0.1) is 4.91 Å². The molecular formula is C37H30N2O3S2. The van der Waals surface area contributed by atoms with E-state index in [0.29, 0.717) is 16.9 Å².